The minimum absolute atomic E-state index is 0.358. The van der Waals surface area contributed by atoms with Gasteiger partial charge in [-0.15, -0.1) is 0 Å². The van der Waals surface area contributed by atoms with E-state index in [1.54, 1.807) is 0 Å². The van der Waals surface area contributed by atoms with Gasteiger partial charge in [0, 0.05) is 32.9 Å². The quantitative estimate of drug-likeness (QED) is 0.165. The van der Waals surface area contributed by atoms with E-state index in [0.717, 1.165) is 27.8 Å². The van der Waals surface area contributed by atoms with Crippen molar-refractivity contribution in [3.8, 4) is 78.7 Å². The van der Waals surface area contributed by atoms with Crippen LogP contribution in [0.2, 0.25) is 0 Å². The van der Waals surface area contributed by atoms with Crippen molar-refractivity contribution in [2.75, 3.05) is 0 Å². The average molecular weight is 1180 g/mol. The first-order chi connectivity index (χ1) is 45.4. The molecule has 0 radical (unpaired) electrons. The SMILES string of the molecule is CC1(C)c2cc3c4ccccc4c4ccccc4c3cc2-c2c1c1c(c3c2C(C)(C)c2cc4c5ccc(-c6cccc(-c7nc(-c8ccccc8)nc(-c8ccccc8)n7)c6)cc5c5ccccc5c4cc2-3)C(C)(C)c2cc3c4ccccc4c4ccccc4c3cc2-1. The lowest BCUT2D eigenvalue weighted by molar-refractivity contribution is 0.636. The number of rotatable bonds is 4. The average Bonchev–Trinajstić information content (AvgIpc) is 1.49. The molecule has 16 aromatic carbocycles. The molecule has 3 nitrogen and oxygen atoms in total. The van der Waals surface area contributed by atoms with Crippen LogP contribution in [0.15, 0.2) is 261 Å². The van der Waals surface area contributed by atoms with Crippen molar-refractivity contribution in [2.45, 2.75) is 57.8 Å². The fraction of sp³-hybridized carbons (Fsp3) is 0.100. The Morgan fingerprint density at radius 2 is 0.441 bits per heavy atom. The molecule has 436 valence electrons. The Morgan fingerprint density at radius 3 is 0.785 bits per heavy atom. The van der Waals surface area contributed by atoms with E-state index < -0.39 is 5.41 Å². The summed E-state index contributed by atoms with van der Waals surface area (Å²) in [7, 11) is 0. The number of aromatic nitrogens is 3. The van der Waals surface area contributed by atoms with Gasteiger partial charge in [-0.1, -0.05) is 254 Å². The molecule has 0 N–H and O–H groups in total. The lowest BCUT2D eigenvalue weighted by atomic mass is 9.71. The van der Waals surface area contributed by atoms with Crippen molar-refractivity contribution < 1.29 is 0 Å². The lowest BCUT2D eigenvalue weighted by Gasteiger charge is -2.31. The van der Waals surface area contributed by atoms with Gasteiger partial charge in [-0.3, -0.25) is 0 Å². The summed E-state index contributed by atoms with van der Waals surface area (Å²) in [6, 6.07) is 97.5. The van der Waals surface area contributed by atoms with Crippen LogP contribution in [0, 0.1) is 0 Å². The van der Waals surface area contributed by atoms with Gasteiger partial charge in [-0.25, -0.2) is 15.0 Å². The number of hydrogen-bond donors (Lipinski definition) is 0. The van der Waals surface area contributed by atoms with Crippen LogP contribution < -0.4 is 0 Å². The summed E-state index contributed by atoms with van der Waals surface area (Å²) in [5, 5.41) is 23.3. The Labute approximate surface area is 539 Å². The molecule has 3 aliphatic carbocycles. The minimum Gasteiger partial charge on any atom is -0.208 e. The van der Waals surface area contributed by atoms with Crippen molar-refractivity contribution in [2.24, 2.45) is 0 Å². The van der Waals surface area contributed by atoms with Gasteiger partial charge < -0.3 is 0 Å². The molecule has 3 heteroatoms. The predicted octanol–water partition coefficient (Wildman–Crippen LogP) is 23.8. The van der Waals surface area contributed by atoms with Crippen LogP contribution in [-0.2, 0) is 16.2 Å². The van der Waals surface area contributed by atoms with Crippen LogP contribution >= 0.6 is 0 Å². The smallest absolute Gasteiger partial charge is 0.164 e. The van der Waals surface area contributed by atoms with Crippen LogP contribution in [0.1, 0.15) is 74.9 Å². The minimum atomic E-state index is -0.397. The van der Waals surface area contributed by atoms with E-state index in [2.05, 4.69) is 266 Å². The Morgan fingerprint density at radius 1 is 0.194 bits per heavy atom. The van der Waals surface area contributed by atoms with Gasteiger partial charge in [0.1, 0.15) is 0 Å². The van der Waals surface area contributed by atoms with Crippen LogP contribution in [0.25, 0.3) is 176 Å². The van der Waals surface area contributed by atoms with E-state index >= 15 is 0 Å². The summed E-state index contributed by atoms with van der Waals surface area (Å²) in [6.07, 6.45) is 0. The molecule has 1 heterocycles. The molecule has 1 aromatic heterocycles. The van der Waals surface area contributed by atoms with E-state index in [1.165, 1.54) is 164 Å². The molecule has 20 rings (SSSR count). The van der Waals surface area contributed by atoms with Crippen LogP contribution in [0.3, 0.4) is 0 Å². The van der Waals surface area contributed by atoms with Crippen molar-refractivity contribution >= 4 is 97.0 Å². The Hall–Kier alpha value is -11.1. The third-order valence-electron chi connectivity index (χ3n) is 22.1. The van der Waals surface area contributed by atoms with Crippen LogP contribution in [-0.4, -0.2) is 15.0 Å². The Bertz CT molecular complexity index is 6140. The maximum Gasteiger partial charge on any atom is 0.164 e. The van der Waals surface area contributed by atoms with Crippen molar-refractivity contribution in [1.82, 2.24) is 15.0 Å². The molecule has 0 aliphatic heterocycles. The summed E-state index contributed by atoms with van der Waals surface area (Å²) in [5.74, 6) is 1.94. The number of benzene rings is 16. The Balaban J connectivity index is 0.841. The normalized spacial score (nSPS) is 14.6. The number of hydrogen-bond acceptors (Lipinski definition) is 3. The van der Waals surface area contributed by atoms with Gasteiger partial charge in [0.2, 0.25) is 0 Å². The standard InChI is InChI=1S/C90H61N3/c1-88(2)77-48-71-62-37-20-16-33-58(62)56-31-14-18-35-60(56)68(71)45-74(77)80-82(88)79-73-44-67-59-34-17-13-30-55(59)57-32-15-19-36-61(57)70(67)47-76(73)89(3,4)83(79)81-75-46-69-64-39-22-21-38-63(64)66-43-53(40-41-65(66)72(69)49-78(75)90(5,6)84(80)81)52-28-23-29-54(42-52)87-92-85(50-24-9-7-10-25-50)91-86(93-87)51-26-11-8-12-27-51/h7-49H,1-6H3. The second-order valence-electron chi connectivity index (χ2n) is 28.1. The molecule has 0 amide bonds. The third kappa shape index (κ3) is 7.06. The highest BCUT2D eigenvalue weighted by atomic mass is 15.0. The van der Waals surface area contributed by atoms with Crippen molar-refractivity contribution in [3.63, 3.8) is 0 Å². The Kier molecular flexibility index (Phi) is 10.5. The van der Waals surface area contributed by atoms with Gasteiger partial charge >= 0.3 is 0 Å². The molecule has 3 aliphatic rings. The maximum atomic E-state index is 5.13. The lowest BCUT2D eigenvalue weighted by Crippen LogP contribution is -2.22. The zero-order chi connectivity index (χ0) is 62.0. The highest BCUT2D eigenvalue weighted by Gasteiger charge is 2.53. The molecule has 0 saturated carbocycles. The number of nitrogens with zero attached hydrogens (tertiary/aromatic N) is 3. The zero-order valence-corrected chi connectivity index (χ0v) is 52.7. The largest absolute Gasteiger partial charge is 0.208 e. The van der Waals surface area contributed by atoms with E-state index in [1.807, 2.05) is 36.4 Å². The second-order valence-corrected chi connectivity index (χ2v) is 28.1. The summed E-state index contributed by atoms with van der Waals surface area (Å²) in [6.45, 7) is 15.2. The topological polar surface area (TPSA) is 38.7 Å². The first-order valence-corrected chi connectivity index (χ1v) is 32.8. The molecule has 0 atom stereocenters. The molecule has 0 fully saturated rings. The van der Waals surface area contributed by atoms with E-state index in [-0.39, 0.29) is 10.8 Å². The molecule has 0 saturated heterocycles. The van der Waals surface area contributed by atoms with E-state index in [0.29, 0.717) is 17.5 Å². The van der Waals surface area contributed by atoms with Crippen molar-refractivity contribution in [1.29, 1.82) is 0 Å². The molecular formula is C90H61N3. The second kappa shape index (κ2) is 18.5. The molecule has 0 spiro atoms. The highest BCUT2D eigenvalue weighted by molar-refractivity contribution is 6.30. The van der Waals surface area contributed by atoms with Gasteiger partial charge in [0.05, 0.1) is 0 Å². The van der Waals surface area contributed by atoms with Gasteiger partial charge in [0.15, 0.2) is 17.5 Å². The zero-order valence-electron chi connectivity index (χ0n) is 52.7. The van der Waals surface area contributed by atoms with Gasteiger partial charge in [0.25, 0.3) is 0 Å². The number of fused-ring (bicyclic) bond motifs is 30. The van der Waals surface area contributed by atoms with Gasteiger partial charge in [-0.05, 0) is 223 Å². The molecular weight excluding hydrogens is 1120 g/mol. The summed E-state index contributed by atoms with van der Waals surface area (Å²) in [5.41, 5.74) is 20.9. The molecule has 17 aromatic rings. The van der Waals surface area contributed by atoms with Crippen LogP contribution in [0.5, 0.6) is 0 Å². The van der Waals surface area contributed by atoms with Crippen LogP contribution in [0.4, 0.5) is 0 Å². The molecule has 0 unspecified atom stereocenters. The van der Waals surface area contributed by atoms with E-state index in [4.69, 9.17) is 15.0 Å². The summed E-state index contributed by atoms with van der Waals surface area (Å²) < 4.78 is 0. The molecule has 0 bridgehead atoms. The fourth-order valence-corrected chi connectivity index (χ4v) is 17.9. The predicted molar refractivity (Wildman–Crippen MR) is 392 cm³/mol. The maximum absolute atomic E-state index is 5.13. The van der Waals surface area contributed by atoms with Gasteiger partial charge in [-0.2, -0.15) is 0 Å². The summed E-state index contributed by atoms with van der Waals surface area (Å²) in [4.78, 5) is 15.3. The van der Waals surface area contributed by atoms with E-state index in [9.17, 15) is 0 Å². The third-order valence-corrected chi connectivity index (χ3v) is 22.1. The fourth-order valence-electron chi connectivity index (χ4n) is 17.9. The first kappa shape index (κ1) is 52.6. The summed E-state index contributed by atoms with van der Waals surface area (Å²) >= 11 is 0. The highest BCUT2D eigenvalue weighted by Crippen LogP contribution is 2.69. The monoisotopic (exact) mass is 1180 g/mol. The van der Waals surface area contributed by atoms with Crippen molar-refractivity contribution in [3.05, 3.63) is 294 Å². The first-order valence-electron chi connectivity index (χ1n) is 32.8. The molecule has 93 heavy (non-hydrogen) atoms.